The first-order valence-electron chi connectivity index (χ1n) is 3.55. The van der Waals surface area contributed by atoms with Crippen LogP contribution in [0.2, 0.25) is 0 Å². The maximum atomic E-state index is 13.2. The number of nitriles is 1. The van der Waals surface area contributed by atoms with Gasteiger partial charge in [0.15, 0.2) is 0 Å². The summed E-state index contributed by atoms with van der Waals surface area (Å²) in [4.78, 5) is 0. The summed E-state index contributed by atoms with van der Waals surface area (Å²) in [5.74, 6) is -0.257. The van der Waals surface area contributed by atoms with E-state index in [9.17, 15) is 4.39 Å². The van der Waals surface area contributed by atoms with Gasteiger partial charge in [-0.25, -0.2) is 4.39 Å². The Balaban J connectivity index is 2.86. The van der Waals surface area contributed by atoms with Gasteiger partial charge >= 0.3 is 0 Å². The predicted octanol–water partition coefficient (Wildman–Crippen LogP) is 3.04. The number of hydrogen-bond donors (Lipinski definition) is 0. The highest BCUT2D eigenvalue weighted by molar-refractivity contribution is 9.10. The lowest BCUT2D eigenvalue weighted by Gasteiger charge is -2.00. The third kappa shape index (κ3) is 2.05. The van der Waals surface area contributed by atoms with Crippen molar-refractivity contribution in [1.29, 1.82) is 5.26 Å². The molecule has 1 nitrogen and oxygen atoms in total. The average molecular weight is 228 g/mol. The van der Waals surface area contributed by atoms with Gasteiger partial charge in [-0.1, -0.05) is 12.1 Å². The standard InChI is InChI=1S/C9H7BrFN/c10-8-5-1-3-7(9(8)11)4-2-6-12/h1,3,5H,2,4H2. The number of rotatable bonds is 2. The van der Waals surface area contributed by atoms with Crippen molar-refractivity contribution in [3.8, 4) is 6.07 Å². The summed E-state index contributed by atoms with van der Waals surface area (Å²) in [6.07, 6.45) is 0.829. The molecule has 0 spiro atoms. The molecule has 12 heavy (non-hydrogen) atoms. The zero-order valence-corrected chi connectivity index (χ0v) is 7.94. The van der Waals surface area contributed by atoms with Crippen LogP contribution < -0.4 is 0 Å². The molecule has 62 valence electrons. The Morgan fingerprint density at radius 2 is 2.25 bits per heavy atom. The first-order chi connectivity index (χ1) is 5.75. The van der Waals surface area contributed by atoms with Crippen LogP contribution in [-0.2, 0) is 6.42 Å². The number of benzene rings is 1. The van der Waals surface area contributed by atoms with Gasteiger partial charge in [-0.15, -0.1) is 0 Å². The van der Waals surface area contributed by atoms with Crippen molar-refractivity contribution in [3.63, 3.8) is 0 Å². The molecule has 0 radical (unpaired) electrons. The fourth-order valence-corrected chi connectivity index (χ4v) is 1.34. The zero-order chi connectivity index (χ0) is 8.97. The molecule has 0 fully saturated rings. The van der Waals surface area contributed by atoms with Crippen LogP contribution in [-0.4, -0.2) is 0 Å². The van der Waals surface area contributed by atoms with E-state index in [0.717, 1.165) is 0 Å². The van der Waals surface area contributed by atoms with Crippen molar-refractivity contribution in [3.05, 3.63) is 34.1 Å². The van der Waals surface area contributed by atoms with Gasteiger partial charge in [0.05, 0.1) is 10.5 Å². The van der Waals surface area contributed by atoms with Crippen LogP contribution in [0.3, 0.4) is 0 Å². The van der Waals surface area contributed by atoms with Gasteiger partial charge in [0.2, 0.25) is 0 Å². The van der Waals surface area contributed by atoms with Crippen LogP contribution in [0.5, 0.6) is 0 Å². The van der Waals surface area contributed by atoms with Crippen LogP contribution in [0.4, 0.5) is 4.39 Å². The quantitative estimate of drug-likeness (QED) is 0.763. The molecule has 0 aromatic heterocycles. The molecule has 0 bridgehead atoms. The summed E-state index contributed by atoms with van der Waals surface area (Å²) < 4.78 is 13.6. The van der Waals surface area contributed by atoms with Gasteiger partial charge in [0, 0.05) is 6.42 Å². The lowest BCUT2D eigenvalue weighted by molar-refractivity contribution is 0.603. The van der Waals surface area contributed by atoms with E-state index in [0.29, 0.717) is 22.9 Å². The Hall–Kier alpha value is -0.880. The second-order valence-electron chi connectivity index (χ2n) is 2.37. The van der Waals surface area contributed by atoms with Crippen molar-refractivity contribution in [2.45, 2.75) is 12.8 Å². The SMILES string of the molecule is N#CCCc1cccc(Br)c1F. The summed E-state index contributed by atoms with van der Waals surface area (Å²) in [5.41, 5.74) is 0.589. The Kier molecular flexibility index (Phi) is 3.24. The molecule has 0 heterocycles. The molecular formula is C9H7BrFN. The fourth-order valence-electron chi connectivity index (χ4n) is 0.932. The van der Waals surface area contributed by atoms with E-state index in [1.54, 1.807) is 18.2 Å². The number of aryl methyl sites for hydroxylation is 1. The first-order valence-corrected chi connectivity index (χ1v) is 4.35. The van der Waals surface area contributed by atoms with Crippen LogP contribution in [0.25, 0.3) is 0 Å². The van der Waals surface area contributed by atoms with E-state index in [1.165, 1.54) is 0 Å². The molecular weight excluding hydrogens is 221 g/mol. The van der Waals surface area contributed by atoms with Crippen molar-refractivity contribution in [1.82, 2.24) is 0 Å². The third-order valence-electron chi connectivity index (χ3n) is 1.54. The van der Waals surface area contributed by atoms with E-state index in [-0.39, 0.29) is 5.82 Å². The largest absolute Gasteiger partial charge is 0.205 e. The number of hydrogen-bond acceptors (Lipinski definition) is 1. The molecule has 0 aliphatic heterocycles. The van der Waals surface area contributed by atoms with Crippen LogP contribution in [0.15, 0.2) is 22.7 Å². The second kappa shape index (κ2) is 4.22. The molecule has 0 atom stereocenters. The van der Waals surface area contributed by atoms with E-state index < -0.39 is 0 Å². The molecule has 0 unspecified atom stereocenters. The van der Waals surface area contributed by atoms with E-state index in [4.69, 9.17) is 5.26 Å². The lowest BCUT2D eigenvalue weighted by atomic mass is 10.1. The predicted molar refractivity (Wildman–Crippen MR) is 48.0 cm³/mol. The highest BCUT2D eigenvalue weighted by Gasteiger charge is 2.04. The lowest BCUT2D eigenvalue weighted by Crippen LogP contribution is -1.90. The summed E-state index contributed by atoms with van der Waals surface area (Å²) in [6, 6.07) is 7.08. The molecule has 0 saturated heterocycles. The van der Waals surface area contributed by atoms with Crippen LogP contribution in [0, 0.1) is 17.1 Å². The maximum Gasteiger partial charge on any atom is 0.140 e. The summed E-state index contributed by atoms with van der Waals surface area (Å²) >= 11 is 3.08. The van der Waals surface area contributed by atoms with Crippen LogP contribution in [0.1, 0.15) is 12.0 Å². The molecule has 0 aliphatic rings. The molecule has 3 heteroatoms. The number of nitrogens with zero attached hydrogens (tertiary/aromatic N) is 1. The van der Waals surface area contributed by atoms with Gasteiger partial charge in [-0.3, -0.25) is 0 Å². The summed E-state index contributed by atoms with van der Waals surface area (Å²) in [6.45, 7) is 0. The highest BCUT2D eigenvalue weighted by atomic mass is 79.9. The molecule has 0 saturated carbocycles. The van der Waals surface area contributed by atoms with Crippen LogP contribution >= 0.6 is 15.9 Å². The van der Waals surface area contributed by atoms with Gasteiger partial charge < -0.3 is 0 Å². The van der Waals surface area contributed by atoms with E-state index in [2.05, 4.69) is 15.9 Å². The minimum atomic E-state index is -0.257. The fraction of sp³-hybridized carbons (Fsp3) is 0.222. The monoisotopic (exact) mass is 227 g/mol. The molecule has 1 aromatic carbocycles. The molecule has 1 rings (SSSR count). The summed E-state index contributed by atoms with van der Waals surface area (Å²) in [7, 11) is 0. The maximum absolute atomic E-state index is 13.2. The molecule has 0 aliphatic carbocycles. The molecule has 0 N–H and O–H groups in total. The Bertz CT molecular complexity index is 317. The average Bonchev–Trinajstić information content (AvgIpc) is 2.08. The van der Waals surface area contributed by atoms with Crippen molar-refractivity contribution >= 4 is 15.9 Å². The molecule has 0 amide bonds. The number of halogens is 2. The topological polar surface area (TPSA) is 23.8 Å². The van der Waals surface area contributed by atoms with E-state index >= 15 is 0 Å². The van der Waals surface area contributed by atoms with Crippen molar-refractivity contribution in [2.75, 3.05) is 0 Å². The van der Waals surface area contributed by atoms with Gasteiger partial charge in [-0.2, -0.15) is 5.26 Å². The molecule has 1 aromatic rings. The Labute approximate surface area is 79.0 Å². The zero-order valence-electron chi connectivity index (χ0n) is 6.35. The first kappa shape index (κ1) is 9.21. The minimum absolute atomic E-state index is 0.257. The van der Waals surface area contributed by atoms with Gasteiger partial charge in [0.1, 0.15) is 5.82 Å². The minimum Gasteiger partial charge on any atom is -0.205 e. The smallest absolute Gasteiger partial charge is 0.140 e. The van der Waals surface area contributed by atoms with E-state index in [1.807, 2.05) is 6.07 Å². The van der Waals surface area contributed by atoms with Crippen molar-refractivity contribution < 1.29 is 4.39 Å². The third-order valence-corrected chi connectivity index (χ3v) is 2.15. The van der Waals surface area contributed by atoms with Crippen molar-refractivity contribution in [2.24, 2.45) is 0 Å². The summed E-state index contributed by atoms with van der Waals surface area (Å²) in [5, 5.41) is 8.30. The Morgan fingerprint density at radius 3 is 2.92 bits per heavy atom. The second-order valence-corrected chi connectivity index (χ2v) is 3.23. The van der Waals surface area contributed by atoms with Gasteiger partial charge in [0.25, 0.3) is 0 Å². The normalized spacial score (nSPS) is 9.42. The highest BCUT2D eigenvalue weighted by Crippen LogP contribution is 2.19. The van der Waals surface area contributed by atoms with Gasteiger partial charge in [-0.05, 0) is 34.0 Å². The Morgan fingerprint density at radius 1 is 1.50 bits per heavy atom.